The van der Waals surface area contributed by atoms with Crippen molar-refractivity contribution in [2.75, 3.05) is 26.2 Å². The first kappa shape index (κ1) is 15.3. The van der Waals surface area contributed by atoms with Gasteiger partial charge < -0.3 is 15.0 Å². The molecule has 1 aliphatic rings. The number of benzene rings is 1. The van der Waals surface area contributed by atoms with Gasteiger partial charge in [-0.2, -0.15) is 0 Å². The summed E-state index contributed by atoms with van der Waals surface area (Å²) < 4.78 is 17.9. The number of amides is 2. The normalized spacial score (nSPS) is 14.9. The highest BCUT2D eigenvalue weighted by molar-refractivity contribution is 5.78. The second-order valence-electron chi connectivity index (χ2n) is 4.93. The molecule has 1 aromatic rings. The number of likely N-dealkylation sites (tertiary alicyclic amines) is 1. The molecule has 0 saturated carbocycles. The Kier molecular flexibility index (Phi) is 5.54. The summed E-state index contributed by atoms with van der Waals surface area (Å²) in [4.78, 5) is 24.9. The summed E-state index contributed by atoms with van der Waals surface area (Å²) in [6, 6.07) is 5.48. The van der Waals surface area contributed by atoms with E-state index in [9.17, 15) is 14.0 Å². The van der Waals surface area contributed by atoms with E-state index in [2.05, 4.69) is 5.32 Å². The summed E-state index contributed by atoms with van der Waals surface area (Å²) in [7, 11) is 0. The van der Waals surface area contributed by atoms with Crippen LogP contribution in [0.25, 0.3) is 0 Å². The first-order valence-electron chi connectivity index (χ1n) is 7.08. The molecule has 1 aromatic carbocycles. The fraction of sp³-hybridized carbons (Fsp3) is 0.467. The Morgan fingerprint density at radius 1 is 1.29 bits per heavy atom. The highest BCUT2D eigenvalue weighted by Gasteiger charge is 2.17. The number of nitrogens with one attached hydrogen (secondary N) is 1. The molecule has 1 heterocycles. The fourth-order valence-corrected chi connectivity index (χ4v) is 2.16. The van der Waals surface area contributed by atoms with Crippen LogP contribution in [-0.2, 0) is 9.59 Å². The molecule has 0 bridgehead atoms. The number of ether oxygens (including phenoxy) is 1. The van der Waals surface area contributed by atoms with Crippen molar-refractivity contribution >= 4 is 11.8 Å². The van der Waals surface area contributed by atoms with Gasteiger partial charge in [0.1, 0.15) is 11.6 Å². The summed E-state index contributed by atoms with van der Waals surface area (Å²) >= 11 is 0. The standard InChI is InChI=1S/C15H19FN2O3/c16-12-4-6-13(7-5-12)21-11-14(19)17-8-10-18-9-2-1-3-15(18)20/h4-7H,1-3,8-11H2,(H,17,19). The average molecular weight is 294 g/mol. The van der Waals surface area contributed by atoms with Gasteiger partial charge in [0.2, 0.25) is 5.91 Å². The van der Waals surface area contributed by atoms with Crippen molar-refractivity contribution in [2.45, 2.75) is 19.3 Å². The van der Waals surface area contributed by atoms with E-state index in [0.717, 1.165) is 19.4 Å². The summed E-state index contributed by atoms with van der Waals surface area (Å²) in [5.74, 6) is -0.0161. The largest absolute Gasteiger partial charge is 0.484 e. The molecule has 114 valence electrons. The number of hydrogen-bond donors (Lipinski definition) is 1. The van der Waals surface area contributed by atoms with E-state index in [4.69, 9.17) is 4.74 Å². The topological polar surface area (TPSA) is 58.6 Å². The fourth-order valence-electron chi connectivity index (χ4n) is 2.16. The molecule has 21 heavy (non-hydrogen) atoms. The minimum atomic E-state index is -0.349. The number of nitrogens with zero attached hydrogens (tertiary/aromatic N) is 1. The SMILES string of the molecule is O=C(COc1ccc(F)cc1)NCCN1CCCCC1=O. The van der Waals surface area contributed by atoms with Gasteiger partial charge in [-0.25, -0.2) is 4.39 Å². The van der Waals surface area contributed by atoms with Gasteiger partial charge in [0.05, 0.1) is 0 Å². The molecule has 1 aliphatic heterocycles. The predicted molar refractivity (Wildman–Crippen MR) is 75.3 cm³/mol. The maximum Gasteiger partial charge on any atom is 0.258 e. The Labute approximate surface area is 123 Å². The zero-order chi connectivity index (χ0) is 15.1. The van der Waals surface area contributed by atoms with Crippen molar-refractivity contribution in [1.29, 1.82) is 0 Å². The lowest BCUT2D eigenvalue weighted by molar-refractivity contribution is -0.133. The van der Waals surface area contributed by atoms with E-state index in [1.165, 1.54) is 24.3 Å². The maximum atomic E-state index is 12.7. The van der Waals surface area contributed by atoms with Crippen LogP contribution in [0.15, 0.2) is 24.3 Å². The van der Waals surface area contributed by atoms with Crippen LogP contribution in [0.3, 0.4) is 0 Å². The summed E-state index contributed by atoms with van der Waals surface area (Å²) in [6.45, 7) is 1.58. The zero-order valence-electron chi connectivity index (χ0n) is 11.8. The lowest BCUT2D eigenvalue weighted by Crippen LogP contribution is -2.41. The number of hydrogen-bond acceptors (Lipinski definition) is 3. The summed E-state index contributed by atoms with van der Waals surface area (Å²) in [5.41, 5.74) is 0. The summed E-state index contributed by atoms with van der Waals surface area (Å²) in [6.07, 6.45) is 2.57. The van der Waals surface area contributed by atoms with E-state index >= 15 is 0 Å². The number of piperidine rings is 1. The van der Waals surface area contributed by atoms with Crippen molar-refractivity contribution < 1.29 is 18.7 Å². The molecule has 1 fully saturated rings. The van der Waals surface area contributed by atoms with Crippen LogP contribution in [0.5, 0.6) is 5.75 Å². The molecule has 0 atom stereocenters. The van der Waals surface area contributed by atoms with Crippen LogP contribution in [0.4, 0.5) is 4.39 Å². The van der Waals surface area contributed by atoms with Gasteiger partial charge in [0, 0.05) is 26.1 Å². The Hall–Kier alpha value is -2.11. The van der Waals surface area contributed by atoms with Gasteiger partial charge in [0.25, 0.3) is 5.91 Å². The molecule has 0 spiro atoms. The van der Waals surface area contributed by atoms with Crippen LogP contribution >= 0.6 is 0 Å². The quantitative estimate of drug-likeness (QED) is 0.861. The third-order valence-corrected chi connectivity index (χ3v) is 3.31. The molecule has 1 N–H and O–H groups in total. The van der Waals surface area contributed by atoms with Crippen LogP contribution in [0.1, 0.15) is 19.3 Å². The molecule has 5 nitrogen and oxygen atoms in total. The minimum absolute atomic E-state index is 0.125. The number of carbonyl (C=O) groups is 2. The molecule has 0 unspecified atom stereocenters. The molecule has 0 radical (unpaired) electrons. The van der Waals surface area contributed by atoms with Crippen LogP contribution in [0, 0.1) is 5.82 Å². The van der Waals surface area contributed by atoms with Crippen LogP contribution in [0.2, 0.25) is 0 Å². The third kappa shape index (κ3) is 5.06. The number of carbonyl (C=O) groups excluding carboxylic acids is 2. The third-order valence-electron chi connectivity index (χ3n) is 3.31. The minimum Gasteiger partial charge on any atom is -0.484 e. The van der Waals surface area contributed by atoms with E-state index in [1.807, 2.05) is 0 Å². The van der Waals surface area contributed by atoms with E-state index in [0.29, 0.717) is 25.3 Å². The van der Waals surface area contributed by atoms with Crippen molar-refractivity contribution in [3.8, 4) is 5.75 Å². The van der Waals surface area contributed by atoms with Gasteiger partial charge in [-0.05, 0) is 37.1 Å². The second-order valence-corrected chi connectivity index (χ2v) is 4.93. The highest BCUT2D eigenvalue weighted by Crippen LogP contribution is 2.11. The van der Waals surface area contributed by atoms with Crippen molar-refractivity contribution in [1.82, 2.24) is 10.2 Å². The molecule has 6 heteroatoms. The van der Waals surface area contributed by atoms with Crippen molar-refractivity contribution in [3.05, 3.63) is 30.1 Å². The van der Waals surface area contributed by atoms with Crippen molar-refractivity contribution in [3.63, 3.8) is 0 Å². The number of halogens is 1. The Bertz CT molecular complexity index is 490. The first-order chi connectivity index (χ1) is 10.1. The van der Waals surface area contributed by atoms with E-state index in [1.54, 1.807) is 4.90 Å². The number of rotatable bonds is 6. The lowest BCUT2D eigenvalue weighted by Gasteiger charge is -2.26. The molecule has 2 rings (SSSR count). The Morgan fingerprint density at radius 3 is 2.76 bits per heavy atom. The van der Waals surface area contributed by atoms with Gasteiger partial charge in [-0.3, -0.25) is 9.59 Å². The summed E-state index contributed by atoms with van der Waals surface area (Å²) in [5, 5.41) is 2.70. The Morgan fingerprint density at radius 2 is 2.05 bits per heavy atom. The van der Waals surface area contributed by atoms with Crippen molar-refractivity contribution in [2.24, 2.45) is 0 Å². The lowest BCUT2D eigenvalue weighted by atomic mass is 10.1. The molecule has 0 aromatic heterocycles. The van der Waals surface area contributed by atoms with Crippen LogP contribution < -0.4 is 10.1 Å². The molecular formula is C15H19FN2O3. The van der Waals surface area contributed by atoms with Crippen LogP contribution in [-0.4, -0.2) is 43.0 Å². The predicted octanol–water partition coefficient (Wildman–Crippen LogP) is 1.33. The molecule has 0 aliphatic carbocycles. The monoisotopic (exact) mass is 294 g/mol. The van der Waals surface area contributed by atoms with E-state index in [-0.39, 0.29) is 24.2 Å². The zero-order valence-corrected chi connectivity index (χ0v) is 11.8. The highest BCUT2D eigenvalue weighted by atomic mass is 19.1. The van der Waals surface area contributed by atoms with Gasteiger partial charge in [0.15, 0.2) is 6.61 Å². The first-order valence-corrected chi connectivity index (χ1v) is 7.08. The average Bonchev–Trinajstić information content (AvgIpc) is 2.49. The van der Waals surface area contributed by atoms with Gasteiger partial charge in [-0.15, -0.1) is 0 Å². The molecule has 1 saturated heterocycles. The molecule has 2 amide bonds. The smallest absolute Gasteiger partial charge is 0.258 e. The molecular weight excluding hydrogens is 275 g/mol. The Balaban J connectivity index is 1.63. The van der Waals surface area contributed by atoms with E-state index < -0.39 is 0 Å². The maximum absolute atomic E-state index is 12.7. The van der Waals surface area contributed by atoms with Gasteiger partial charge >= 0.3 is 0 Å². The van der Waals surface area contributed by atoms with Gasteiger partial charge in [-0.1, -0.05) is 0 Å². The second kappa shape index (κ2) is 7.61.